The average Bonchev–Trinajstić information content (AvgIpc) is 3.50. The molecule has 0 aliphatic rings. The number of rotatable bonds is 25. The Bertz CT molecular complexity index is 1060. The number of hydrogen-bond donors (Lipinski definition) is 0. The second-order valence-electron chi connectivity index (χ2n) is 13.5. The van der Waals surface area contributed by atoms with Crippen LogP contribution in [0.1, 0.15) is 160 Å². The highest BCUT2D eigenvalue weighted by Crippen LogP contribution is 2.41. The van der Waals surface area contributed by atoms with E-state index in [9.17, 15) is 0 Å². The number of benzene rings is 2. The van der Waals surface area contributed by atoms with Crippen LogP contribution in [0.15, 0.2) is 79.4 Å². The zero-order valence-corrected chi connectivity index (χ0v) is 28.3. The lowest BCUT2D eigenvalue weighted by atomic mass is 9.70. The van der Waals surface area contributed by atoms with Gasteiger partial charge in [-0.15, -0.1) is 0 Å². The summed E-state index contributed by atoms with van der Waals surface area (Å²) in [5.41, 5.74) is 2.90. The van der Waals surface area contributed by atoms with Gasteiger partial charge < -0.3 is 0 Å². The number of unbranched alkanes of at least 4 members (excludes halogenated alkanes) is 16. The Labute approximate surface area is 266 Å². The highest BCUT2D eigenvalue weighted by molar-refractivity contribution is 5.30. The number of aromatic nitrogens is 2. The summed E-state index contributed by atoms with van der Waals surface area (Å²) >= 11 is 0. The molecule has 2 heteroatoms. The molecule has 0 N–H and O–H groups in total. The van der Waals surface area contributed by atoms with E-state index in [0.717, 1.165) is 13.0 Å². The van der Waals surface area contributed by atoms with Crippen LogP contribution in [0.4, 0.5) is 0 Å². The summed E-state index contributed by atoms with van der Waals surface area (Å²) in [6.45, 7) is 8.25. The summed E-state index contributed by atoms with van der Waals surface area (Å²) in [6, 6.07) is 22.9. The smallest absolute Gasteiger partial charge is 0.237 e. The first-order valence-electron chi connectivity index (χ1n) is 18.3. The molecule has 238 valence electrons. The van der Waals surface area contributed by atoms with Crippen LogP contribution in [0.2, 0.25) is 0 Å². The van der Waals surface area contributed by atoms with Crippen molar-refractivity contribution < 1.29 is 4.57 Å². The van der Waals surface area contributed by atoms with Gasteiger partial charge in [0.25, 0.3) is 0 Å². The monoisotopic (exact) mass is 586 g/mol. The van der Waals surface area contributed by atoms with Gasteiger partial charge in [0.15, 0.2) is 0 Å². The highest BCUT2D eigenvalue weighted by Gasteiger charge is 2.40. The van der Waals surface area contributed by atoms with E-state index in [0.29, 0.717) is 6.04 Å². The van der Waals surface area contributed by atoms with Crippen molar-refractivity contribution in [1.29, 1.82) is 0 Å². The Kier molecular flexibility index (Phi) is 17.5. The van der Waals surface area contributed by atoms with Crippen molar-refractivity contribution in [1.82, 2.24) is 4.57 Å². The minimum atomic E-state index is 0.0121. The van der Waals surface area contributed by atoms with Crippen molar-refractivity contribution in [3.8, 4) is 0 Å². The normalized spacial score (nSPS) is 13.7. The fourth-order valence-corrected chi connectivity index (χ4v) is 7.03. The maximum absolute atomic E-state index is 2.57. The summed E-state index contributed by atoms with van der Waals surface area (Å²) in [5, 5.41) is 0. The molecule has 0 spiro atoms. The van der Waals surface area contributed by atoms with Crippen molar-refractivity contribution in [3.63, 3.8) is 0 Å². The Balaban J connectivity index is 1.58. The van der Waals surface area contributed by atoms with Crippen LogP contribution in [0.25, 0.3) is 0 Å². The molecule has 0 saturated carbocycles. The average molecular weight is 586 g/mol. The molecular weight excluding hydrogens is 520 g/mol. The van der Waals surface area contributed by atoms with Crippen molar-refractivity contribution >= 4 is 0 Å². The molecule has 2 unspecified atom stereocenters. The Hall–Kier alpha value is -2.35. The van der Waals surface area contributed by atoms with E-state index >= 15 is 0 Å². The molecule has 0 bridgehead atoms. The molecule has 0 saturated heterocycles. The number of nitrogens with zero attached hydrogens (tertiary/aromatic N) is 2. The number of imidazole rings is 1. The topological polar surface area (TPSA) is 8.81 Å². The molecular formula is C41H65N2+. The van der Waals surface area contributed by atoms with E-state index in [4.69, 9.17) is 0 Å². The van der Waals surface area contributed by atoms with E-state index in [2.05, 4.69) is 109 Å². The van der Waals surface area contributed by atoms with Gasteiger partial charge in [-0.25, -0.2) is 9.13 Å². The largest absolute Gasteiger partial charge is 0.244 e. The van der Waals surface area contributed by atoms with Gasteiger partial charge in [0, 0.05) is 5.41 Å². The second kappa shape index (κ2) is 21.4. The van der Waals surface area contributed by atoms with E-state index in [1.54, 1.807) is 0 Å². The van der Waals surface area contributed by atoms with Gasteiger partial charge in [0.1, 0.15) is 18.4 Å². The van der Waals surface area contributed by atoms with Crippen LogP contribution in [0.3, 0.4) is 0 Å². The minimum absolute atomic E-state index is 0.0121. The van der Waals surface area contributed by atoms with E-state index in [1.165, 1.54) is 133 Å². The van der Waals surface area contributed by atoms with Crippen molar-refractivity contribution in [2.75, 3.05) is 0 Å². The van der Waals surface area contributed by atoms with Gasteiger partial charge >= 0.3 is 0 Å². The molecule has 3 aromatic rings. The van der Waals surface area contributed by atoms with Gasteiger partial charge in [-0.3, -0.25) is 0 Å². The second-order valence-corrected chi connectivity index (χ2v) is 13.5. The zero-order chi connectivity index (χ0) is 30.4. The molecule has 0 radical (unpaired) electrons. The van der Waals surface area contributed by atoms with Gasteiger partial charge in [-0.05, 0) is 43.2 Å². The molecule has 2 nitrogen and oxygen atoms in total. The lowest BCUT2D eigenvalue weighted by Crippen LogP contribution is -2.38. The third-order valence-electron chi connectivity index (χ3n) is 9.76. The Morgan fingerprint density at radius 2 is 1.09 bits per heavy atom. The minimum Gasteiger partial charge on any atom is -0.237 e. The van der Waals surface area contributed by atoms with Crippen LogP contribution >= 0.6 is 0 Å². The lowest BCUT2D eigenvalue weighted by Gasteiger charge is -2.37. The molecule has 0 fully saturated rings. The van der Waals surface area contributed by atoms with E-state index < -0.39 is 0 Å². The fraction of sp³-hybridized carbons (Fsp3) is 0.634. The first kappa shape index (κ1) is 35.1. The third-order valence-corrected chi connectivity index (χ3v) is 9.76. The van der Waals surface area contributed by atoms with Crippen molar-refractivity contribution in [2.45, 2.75) is 167 Å². The molecule has 3 rings (SSSR count). The molecule has 1 aromatic heterocycles. The van der Waals surface area contributed by atoms with Gasteiger partial charge in [-0.1, -0.05) is 178 Å². The van der Waals surface area contributed by atoms with E-state index in [-0.39, 0.29) is 5.41 Å². The molecule has 43 heavy (non-hydrogen) atoms. The number of aryl methyl sites for hydroxylation is 1. The third kappa shape index (κ3) is 13.0. The Morgan fingerprint density at radius 3 is 1.65 bits per heavy atom. The Morgan fingerprint density at radius 1 is 0.605 bits per heavy atom. The maximum atomic E-state index is 2.57. The van der Waals surface area contributed by atoms with Crippen LogP contribution in [-0.2, 0) is 18.4 Å². The molecule has 2 aromatic carbocycles. The van der Waals surface area contributed by atoms with Crippen molar-refractivity contribution in [3.05, 3.63) is 90.5 Å². The molecule has 0 aliphatic carbocycles. The zero-order valence-electron chi connectivity index (χ0n) is 28.3. The lowest BCUT2D eigenvalue weighted by molar-refractivity contribution is -0.697. The predicted molar refractivity (Wildman–Crippen MR) is 187 cm³/mol. The molecule has 1 heterocycles. The first-order valence-corrected chi connectivity index (χ1v) is 18.3. The summed E-state index contributed by atoms with van der Waals surface area (Å²) in [4.78, 5) is 0. The molecule has 0 aliphatic heterocycles. The SMILES string of the molecule is CCCCCCCCCCCCCCCCC(n1cc[n+](CCCCCC)c1)C(C)(Cc1ccccc1)c1ccccc1. The molecule has 2 atom stereocenters. The fourth-order valence-electron chi connectivity index (χ4n) is 7.03. The highest BCUT2D eigenvalue weighted by atomic mass is 15.1. The van der Waals surface area contributed by atoms with Crippen LogP contribution in [-0.4, -0.2) is 4.57 Å². The quantitative estimate of drug-likeness (QED) is 0.0690. The van der Waals surface area contributed by atoms with Crippen LogP contribution < -0.4 is 4.57 Å². The van der Waals surface area contributed by atoms with E-state index in [1.807, 2.05) is 0 Å². The first-order chi connectivity index (χ1) is 21.2. The van der Waals surface area contributed by atoms with Gasteiger partial charge in [-0.2, -0.15) is 0 Å². The summed E-state index contributed by atoms with van der Waals surface area (Å²) in [7, 11) is 0. The van der Waals surface area contributed by atoms with Crippen molar-refractivity contribution in [2.24, 2.45) is 0 Å². The maximum Gasteiger partial charge on any atom is 0.244 e. The standard InChI is InChI=1S/C41H65N2/c1-4-6-8-10-11-12-13-14-15-16-17-18-19-26-32-40(43-35-34-42(37-43)33-27-9-7-5-2)41(3,39-30-24-21-25-31-39)36-38-28-22-20-23-29-38/h20-25,28-31,34-35,37,40H,4-19,26-27,32-33,36H2,1-3H3/q+1. The van der Waals surface area contributed by atoms with Crippen LogP contribution in [0, 0.1) is 0 Å². The van der Waals surface area contributed by atoms with Crippen LogP contribution in [0.5, 0.6) is 0 Å². The van der Waals surface area contributed by atoms with Gasteiger partial charge in [0.2, 0.25) is 6.33 Å². The van der Waals surface area contributed by atoms with Gasteiger partial charge in [0.05, 0.1) is 6.54 Å². The summed E-state index contributed by atoms with van der Waals surface area (Å²) in [6.07, 6.45) is 34.3. The number of hydrogen-bond acceptors (Lipinski definition) is 0. The summed E-state index contributed by atoms with van der Waals surface area (Å²) in [5.74, 6) is 0. The molecule has 0 amide bonds. The predicted octanol–water partition coefficient (Wildman–Crippen LogP) is 12.0. The summed E-state index contributed by atoms with van der Waals surface area (Å²) < 4.78 is 5.00.